The van der Waals surface area contributed by atoms with Gasteiger partial charge in [-0.3, -0.25) is 9.59 Å². The van der Waals surface area contributed by atoms with Crippen LogP contribution in [-0.4, -0.2) is 25.2 Å². The van der Waals surface area contributed by atoms with E-state index < -0.39 is 0 Å². The third-order valence-corrected chi connectivity index (χ3v) is 4.58. The zero-order valence-corrected chi connectivity index (χ0v) is 19.3. The Morgan fingerprint density at radius 2 is 1.12 bits per heavy atom. The number of carbonyl (C=O) groups excluding carboxylic acids is 2. The second-order valence-electron chi connectivity index (χ2n) is 6.70. The second-order valence-corrected chi connectivity index (χ2v) is 6.70. The van der Waals surface area contributed by atoms with Crippen molar-refractivity contribution in [1.82, 2.24) is 0 Å². The summed E-state index contributed by atoms with van der Waals surface area (Å²) in [5.74, 6) is 0.286. The van der Waals surface area contributed by atoms with Crippen molar-refractivity contribution in [3.05, 3.63) is 0 Å². The Balaban J connectivity index is -0.00000264. The Morgan fingerprint density at radius 3 is 1.40 bits per heavy atom. The molecule has 0 heterocycles. The monoisotopic (exact) mass is 366 g/mol. The van der Waals surface area contributed by atoms with Crippen molar-refractivity contribution >= 4 is 11.9 Å². The number of rotatable bonds is 15. The summed E-state index contributed by atoms with van der Waals surface area (Å²) < 4.78 is 10.6. The van der Waals surface area contributed by atoms with E-state index in [4.69, 9.17) is 9.47 Å². The minimum Gasteiger partial charge on any atom is -1.00 e. The topological polar surface area (TPSA) is 52.6 Å². The SMILES string of the molecule is CCCCC(CC)COC(=O)CCC(=O)OCC(CC)CCCC.[H-].[Na+]. The molecule has 0 saturated carbocycles. The average Bonchev–Trinajstić information content (AvgIpc) is 2.60. The van der Waals surface area contributed by atoms with E-state index in [1.54, 1.807) is 0 Å². The van der Waals surface area contributed by atoms with Crippen LogP contribution in [0.15, 0.2) is 0 Å². The van der Waals surface area contributed by atoms with E-state index in [0.717, 1.165) is 38.5 Å². The van der Waals surface area contributed by atoms with Gasteiger partial charge in [-0.1, -0.05) is 66.2 Å². The quantitative estimate of drug-likeness (QED) is 0.330. The number of hydrogen-bond donors (Lipinski definition) is 0. The Hall–Kier alpha value is -0.0600. The molecule has 0 bridgehead atoms. The first-order chi connectivity index (χ1) is 11.6. The van der Waals surface area contributed by atoms with E-state index in [-0.39, 0.29) is 55.8 Å². The van der Waals surface area contributed by atoms with Gasteiger partial charge in [-0.05, 0) is 24.7 Å². The first-order valence-electron chi connectivity index (χ1n) is 9.88. The minimum atomic E-state index is -0.292. The van der Waals surface area contributed by atoms with Crippen LogP contribution in [-0.2, 0) is 19.1 Å². The van der Waals surface area contributed by atoms with Crippen molar-refractivity contribution in [2.75, 3.05) is 13.2 Å². The molecule has 0 aliphatic carbocycles. The molecule has 25 heavy (non-hydrogen) atoms. The number of esters is 2. The maximum absolute atomic E-state index is 11.7. The van der Waals surface area contributed by atoms with Gasteiger partial charge in [-0.15, -0.1) is 0 Å². The molecule has 4 nitrogen and oxygen atoms in total. The summed E-state index contributed by atoms with van der Waals surface area (Å²) in [6.45, 7) is 9.51. The van der Waals surface area contributed by atoms with Gasteiger partial charge in [-0.25, -0.2) is 0 Å². The van der Waals surface area contributed by atoms with Crippen molar-refractivity contribution in [3.8, 4) is 0 Å². The van der Waals surface area contributed by atoms with Crippen LogP contribution in [0, 0.1) is 11.8 Å². The molecule has 0 N–H and O–H groups in total. The van der Waals surface area contributed by atoms with Gasteiger partial charge in [0.15, 0.2) is 0 Å². The van der Waals surface area contributed by atoms with Crippen molar-refractivity contribution in [2.24, 2.45) is 11.8 Å². The van der Waals surface area contributed by atoms with Gasteiger partial charge < -0.3 is 10.9 Å². The molecule has 144 valence electrons. The summed E-state index contributed by atoms with van der Waals surface area (Å²) in [5, 5.41) is 0. The number of hydrogen-bond acceptors (Lipinski definition) is 4. The molecule has 2 atom stereocenters. The molecule has 0 rings (SSSR count). The van der Waals surface area contributed by atoms with Gasteiger partial charge in [0, 0.05) is 0 Å². The minimum absolute atomic E-state index is 0. The zero-order valence-electron chi connectivity index (χ0n) is 18.3. The molecule has 0 spiro atoms. The standard InChI is InChI=1S/C20H38O4.Na.H/c1-5-9-11-17(7-3)15-23-19(21)13-14-20(22)24-16-18(8-4)12-10-6-2;;/h17-18H,5-16H2,1-4H3;;/q;+1;-1. The number of unbranched alkanes of at least 4 members (excludes halogenated alkanes) is 2. The zero-order chi connectivity index (χ0) is 18.2. The molecule has 0 saturated heterocycles. The normalized spacial score (nSPS) is 12.8. The van der Waals surface area contributed by atoms with Crippen LogP contribution in [0.1, 0.15) is 93.3 Å². The smallest absolute Gasteiger partial charge is 1.00 e. The number of ether oxygens (including phenoxy) is 2. The van der Waals surface area contributed by atoms with E-state index in [1.165, 1.54) is 12.8 Å². The van der Waals surface area contributed by atoms with Gasteiger partial charge in [0.2, 0.25) is 0 Å². The summed E-state index contributed by atoms with van der Waals surface area (Å²) in [5.41, 5.74) is 0. The Labute approximate surface area is 178 Å². The second kappa shape index (κ2) is 18.7. The Bertz CT molecular complexity index is 308. The van der Waals surface area contributed by atoms with E-state index in [0.29, 0.717) is 25.0 Å². The van der Waals surface area contributed by atoms with Crippen molar-refractivity contribution in [2.45, 2.75) is 91.9 Å². The van der Waals surface area contributed by atoms with Crippen LogP contribution in [0.5, 0.6) is 0 Å². The summed E-state index contributed by atoms with van der Waals surface area (Å²) in [7, 11) is 0. The molecule has 0 aromatic rings. The van der Waals surface area contributed by atoms with Crippen LogP contribution in [0.25, 0.3) is 0 Å². The molecule has 0 aromatic carbocycles. The first-order valence-corrected chi connectivity index (χ1v) is 9.88. The molecular weight excluding hydrogens is 327 g/mol. The summed E-state index contributed by atoms with van der Waals surface area (Å²) in [6.07, 6.45) is 9.12. The molecule has 2 unspecified atom stereocenters. The Morgan fingerprint density at radius 1 is 0.760 bits per heavy atom. The van der Waals surface area contributed by atoms with Crippen LogP contribution >= 0.6 is 0 Å². The van der Waals surface area contributed by atoms with Crippen molar-refractivity contribution < 1.29 is 50.0 Å². The third-order valence-electron chi connectivity index (χ3n) is 4.58. The van der Waals surface area contributed by atoms with Crippen LogP contribution in [0.2, 0.25) is 0 Å². The van der Waals surface area contributed by atoms with E-state index in [1.807, 2.05) is 0 Å². The Kier molecular flexibility index (Phi) is 20.3. The first kappa shape index (κ1) is 27.2. The van der Waals surface area contributed by atoms with Crippen molar-refractivity contribution in [1.29, 1.82) is 0 Å². The van der Waals surface area contributed by atoms with Gasteiger partial charge >= 0.3 is 41.5 Å². The molecule has 0 aromatic heterocycles. The van der Waals surface area contributed by atoms with E-state index in [2.05, 4.69) is 27.7 Å². The predicted molar refractivity (Wildman–Crippen MR) is 98.9 cm³/mol. The van der Waals surface area contributed by atoms with Gasteiger partial charge in [-0.2, -0.15) is 0 Å². The maximum atomic E-state index is 11.7. The molecular formula is C20H39NaO4. The van der Waals surface area contributed by atoms with Gasteiger partial charge in [0.05, 0.1) is 26.1 Å². The van der Waals surface area contributed by atoms with Gasteiger partial charge in [0.25, 0.3) is 0 Å². The van der Waals surface area contributed by atoms with E-state index in [9.17, 15) is 9.59 Å². The maximum Gasteiger partial charge on any atom is 1.00 e. The molecule has 0 amide bonds. The van der Waals surface area contributed by atoms with Crippen LogP contribution < -0.4 is 29.6 Å². The molecule has 0 radical (unpaired) electrons. The summed E-state index contributed by atoms with van der Waals surface area (Å²) in [6, 6.07) is 0. The fraction of sp³-hybridized carbons (Fsp3) is 0.900. The van der Waals surface area contributed by atoms with E-state index >= 15 is 0 Å². The largest absolute Gasteiger partial charge is 1.00 e. The molecule has 5 heteroatoms. The fourth-order valence-corrected chi connectivity index (χ4v) is 2.57. The van der Waals surface area contributed by atoms with Gasteiger partial charge in [0.1, 0.15) is 0 Å². The number of carbonyl (C=O) groups is 2. The summed E-state index contributed by atoms with van der Waals surface area (Å²) in [4.78, 5) is 23.5. The average molecular weight is 367 g/mol. The third kappa shape index (κ3) is 15.9. The summed E-state index contributed by atoms with van der Waals surface area (Å²) >= 11 is 0. The van der Waals surface area contributed by atoms with Crippen molar-refractivity contribution in [3.63, 3.8) is 0 Å². The molecule has 0 fully saturated rings. The predicted octanol–water partition coefficient (Wildman–Crippen LogP) is 2.40. The van der Waals surface area contributed by atoms with Crippen LogP contribution in [0.3, 0.4) is 0 Å². The fourth-order valence-electron chi connectivity index (χ4n) is 2.57. The van der Waals surface area contributed by atoms with Crippen LogP contribution in [0.4, 0.5) is 0 Å². The molecule has 0 aliphatic rings. The molecule has 0 aliphatic heterocycles.